The molecule has 4 heteroatoms. The van der Waals surface area contributed by atoms with Gasteiger partial charge in [0.1, 0.15) is 0 Å². The molecule has 16 heavy (non-hydrogen) atoms. The molecule has 84 valence electrons. The van der Waals surface area contributed by atoms with Gasteiger partial charge in [-0.2, -0.15) is 0 Å². The maximum absolute atomic E-state index is 4.31. The summed E-state index contributed by atoms with van der Waals surface area (Å²) in [5, 5.41) is 4.55. The molecule has 3 nitrogen and oxygen atoms in total. The first kappa shape index (κ1) is 10.1. The van der Waals surface area contributed by atoms with E-state index < -0.39 is 0 Å². The van der Waals surface area contributed by atoms with Crippen LogP contribution in [0.15, 0.2) is 18.3 Å². The zero-order valence-corrected chi connectivity index (χ0v) is 10.2. The Balaban J connectivity index is 1.87. The SMILES string of the molecule is Cc1ncc(Cc2ccc3n2CCNC3)s1. The van der Waals surface area contributed by atoms with E-state index in [-0.39, 0.29) is 0 Å². The molecular formula is C12H15N3S. The third-order valence-electron chi connectivity index (χ3n) is 3.00. The lowest BCUT2D eigenvalue weighted by Gasteiger charge is -2.18. The molecule has 0 radical (unpaired) electrons. The van der Waals surface area contributed by atoms with E-state index in [1.807, 2.05) is 6.20 Å². The molecule has 2 aromatic heterocycles. The number of aromatic nitrogens is 2. The van der Waals surface area contributed by atoms with Crippen molar-refractivity contribution in [2.24, 2.45) is 0 Å². The van der Waals surface area contributed by atoms with Crippen molar-refractivity contribution in [3.63, 3.8) is 0 Å². The lowest BCUT2D eigenvalue weighted by Crippen LogP contribution is -2.28. The first-order chi connectivity index (χ1) is 7.83. The Kier molecular flexibility index (Phi) is 2.53. The van der Waals surface area contributed by atoms with Gasteiger partial charge in [0.2, 0.25) is 0 Å². The molecule has 0 aromatic carbocycles. The van der Waals surface area contributed by atoms with Crippen molar-refractivity contribution in [2.45, 2.75) is 26.4 Å². The largest absolute Gasteiger partial charge is 0.346 e. The molecule has 3 rings (SSSR count). The van der Waals surface area contributed by atoms with Crippen molar-refractivity contribution in [2.75, 3.05) is 6.54 Å². The molecule has 0 aliphatic carbocycles. The van der Waals surface area contributed by atoms with Gasteiger partial charge in [-0.15, -0.1) is 11.3 Å². The number of hydrogen-bond acceptors (Lipinski definition) is 3. The van der Waals surface area contributed by atoms with Gasteiger partial charge >= 0.3 is 0 Å². The quantitative estimate of drug-likeness (QED) is 0.859. The zero-order chi connectivity index (χ0) is 11.0. The molecule has 0 amide bonds. The summed E-state index contributed by atoms with van der Waals surface area (Å²) in [6, 6.07) is 4.48. The van der Waals surface area contributed by atoms with Crippen LogP contribution < -0.4 is 5.32 Å². The molecule has 0 bridgehead atoms. The van der Waals surface area contributed by atoms with Gasteiger partial charge in [-0.1, -0.05) is 0 Å². The van der Waals surface area contributed by atoms with Crippen molar-refractivity contribution < 1.29 is 0 Å². The summed E-state index contributed by atoms with van der Waals surface area (Å²) >= 11 is 1.80. The predicted molar refractivity (Wildman–Crippen MR) is 65.8 cm³/mol. The molecule has 0 spiro atoms. The summed E-state index contributed by atoms with van der Waals surface area (Å²) in [6.07, 6.45) is 3.02. The Labute approximate surface area is 99.1 Å². The zero-order valence-electron chi connectivity index (χ0n) is 9.36. The number of nitrogens with zero attached hydrogens (tertiary/aromatic N) is 2. The first-order valence-corrected chi connectivity index (χ1v) is 6.44. The van der Waals surface area contributed by atoms with Gasteiger partial charge in [-0.3, -0.25) is 0 Å². The van der Waals surface area contributed by atoms with Crippen LogP contribution in [0, 0.1) is 6.92 Å². The Morgan fingerprint density at radius 3 is 3.25 bits per heavy atom. The Morgan fingerprint density at radius 1 is 1.50 bits per heavy atom. The lowest BCUT2D eigenvalue weighted by atomic mass is 10.3. The summed E-state index contributed by atoms with van der Waals surface area (Å²) in [7, 11) is 0. The van der Waals surface area contributed by atoms with E-state index in [2.05, 4.69) is 33.9 Å². The second kappa shape index (κ2) is 4.03. The van der Waals surface area contributed by atoms with E-state index in [1.54, 1.807) is 11.3 Å². The average molecular weight is 233 g/mol. The van der Waals surface area contributed by atoms with Gasteiger partial charge in [0.25, 0.3) is 0 Å². The van der Waals surface area contributed by atoms with Crippen molar-refractivity contribution >= 4 is 11.3 Å². The number of aryl methyl sites for hydroxylation is 1. The van der Waals surface area contributed by atoms with E-state index in [1.165, 1.54) is 16.3 Å². The summed E-state index contributed by atoms with van der Waals surface area (Å²) in [6.45, 7) is 5.24. The van der Waals surface area contributed by atoms with Crippen LogP contribution in [0.1, 0.15) is 21.3 Å². The summed E-state index contributed by atoms with van der Waals surface area (Å²) in [5.74, 6) is 0. The van der Waals surface area contributed by atoms with Gasteiger partial charge in [-0.05, 0) is 19.1 Å². The van der Waals surface area contributed by atoms with Crippen molar-refractivity contribution in [3.05, 3.63) is 39.6 Å². The van der Waals surface area contributed by atoms with Crippen LogP contribution in [-0.4, -0.2) is 16.1 Å². The highest BCUT2D eigenvalue weighted by molar-refractivity contribution is 7.11. The molecule has 0 saturated heterocycles. The fraction of sp³-hybridized carbons (Fsp3) is 0.417. The van der Waals surface area contributed by atoms with Crippen LogP contribution in [0.5, 0.6) is 0 Å². The van der Waals surface area contributed by atoms with Gasteiger partial charge in [0.05, 0.1) is 5.01 Å². The Bertz CT molecular complexity index is 498. The second-order valence-electron chi connectivity index (χ2n) is 4.17. The first-order valence-electron chi connectivity index (χ1n) is 5.62. The molecule has 1 N–H and O–H groups in total. The molecule has 2 aromatic rings. The standard InChI is InChI=1S/C12H15N3S/c1-9-14-8-12(16-9)6-10-2-3-11-7-13-4-5-15(10)11/h2-3,8,13H,4-7H2,1H3. The lowest BCUT2D eigenvalue weighted by molar-refractivity contribution is 0.506. The summed E-state index contributed by atoms with van der Waals surface area (Å²) in [5.41, 5.74) is 2.82. The van der Waals surface area contributed by atoms with Gasteiger partial charge in [0.15, 0.2) is 0 Å². The van der Waals surface area contributed by atoms with E-state index >= 15 is 0 Å². The van der Waals surface area contributed by atoms with E-state index in [4.69, 9.17) is 0 Å². The average Bonchev–Trinajstić information content (AvgIpc) is 2.87. The highest BCUT2D eigenvalue weighted by Crippen LogP contribution is 2.19. The van der Waals surface area contributed by atoms with Gasteiger partial charge in [0, 0.05) is 48.5 Å². The van der Waals surface area contributed by atoms with Crippen LogP contribution in [0.25, 0.3) is 0 Å². The molecule has 0 atom stereocenters. The summed E-state index contributed by atoms with van der Waals surface area (Å²) in [4.78, 5) is 5.66. The number of nitrogens with one attached hydrogen (secondary N) is 1. The normalized spacial score (nSPS) is 15.1. The van der Waals surface area contributed by atoms with E-state index in [9.17, 15) is 0 Å². The van der Waals surface area contributed by atoms with Gasteiger partial charge < -0.3 is 9.88 Å². The number of rotatable bonds is 2. The molecule has 0 saturated carbocycles. The number of thiazole rings is 1. The molecule has 3 heterocycles. The fourth-order valence-electron chi connectivity index (χ4n) is 2.23. The highest BCUT2D eigenvalue weighted by atomic mass is 32.1. The molecule has 0 unspecified atom stereocenters. The number of fused-ring (bicyclic) bond motifs is 1. The smallest absolute Gasteiger partial charge is 0.0896 e. The third-order valence-corrected chi connectivity index (χ3v) is 3.92. The Hall–Kier alpha value is -1.13. The minimum absolute atomic E-state index is 1.00. The van der Waals surface area contributed by atoms with Gasteiger partial charge in [-0.25, -0.2) is 4.98 Å². The molecule has 0 fully saturated rings. The fourth-order valence-corrected chi connectivity index (χ4v) is 3.04. The van der Waals surface area contributed by atoms with Crippen LogP contribution >= 0.6 is 11.3 Å². The Morgan fingerprint density at radius 2 is 2.44 bits per heavy atom. The monoisotopic (exact) mass is 233 g/mol. The van der Waals surface area contributed by atoms with Crippen LogP contribution in [0.4, 0.5) is 0 Å². The highest BCUT2D eigenvalue weighted by Gasteiger charge is 2.12. The van der Waals surface area contributed by atoms with E-state index in [0.29, 0.717) is 0 Å². The van der Waals surface area contributed by atoms with Crippen molar-refractivity contribution in [1.29, 1.82) is 0 Å². The maximum Gasteiger partial charge on any atom is 0.0896 e. The molecule has 1 aliphatic rings. The molecule has 1 aliphatic heterocycles. The number of hydrogen-bond donors (Lipinski definition) is 1. The van der Waals surface area contributed by atoms with Crippen LogP contribution in [0.3, 0.4) is 0 Å². The van der Waals surface area contributed by atoms with Crippen molar-refractivity contribution in [3.8, 4) is 0 Å². The summed E-state index contributed by atoms with van der Waals surface area (Å²) < 4.78 is 2.44. The van der Waals surface area contributed by atoms with Crippen LogP contribution in [-0.2, 0) is 19.5 Å². The third kappa shape index (κ3) is 1.79. The van der Waals surface area contributed by atoms with Crippen molar-refractivity contribution in [1.82, 2.24) is 14.9 Å². The topological polar surface area (TPSA) is 29.9 Å². The molecular weight excluding hydrogens is 218 g/mol. The van der Waals surface area contributed by atoms with Crippen LogP contribution in [0.2, 0.25) is 0 Å². The predicted octanol–water partition coefficient (Wildman–Crippen LogP) is 1.95. The minimum atomic E-state index is 1.00. The second-order valence-corrected chi connectivity index (χ2v) is 5.49. The maximum atomic E-state index is 4.31. The minimum Gasteiger partial charge on any atom is -0.346 e. The van der Waals surface area contributed by atoms with E-state index in [0.717, 1.165) is 31.1 Å².